The molecule has 2 fully saturated rings. The zero-order valence-electron chi connectivity index (χ0n) is 24.8. The number of nitrogens with one attached hydrogen (secondary N) is 1. The Morgan fingerprint density at radius 1 is 0.886 bits per heavy atom. The van der Waals surface area contributed by atoms with Crippen LogP contribution in [-0.4, -0.2) is 52.3 Å². The van der Waals surface area contributed by atoms with Crippen LogP contribution in [0.5, 0.6) is 5.75 Å². The predicted molar refractivity (Wildman–Crippen MR) is 171 cm³/mol. The van der Waals surface area contributed by atoms with Crippen LogP contribution < -0.4 is 5.32 Å². The zero-order valence-corrected chi connectivity index (χ0v) is 25.6. The average molecular weight is 603 g/mol. The first-order valence-corrected chi connectivity index (χ1v) is 15.7. The molecule has 9 heteroatoms. The van der Waals surface area contributed by atoms with Crippen LogP contribution in [0.4, 0.5) is 0 Å². The normalized spacial score (nSPS) is 20.8. The van der Waals surface area contributed by atoms with Gasteiger partial charge in [-0.2, -0.15) is 0 Å². The summed E-state index contributed by atoms with van der Waals surface area (Å²) in [6.45, 7) is 6.63. The van der Waals surface area contributed by atoms with Gasteiger partial charge in [0.1, 0.15) is 23.2 Å². The minimum absolute atomic E-state index is 0.0280. The lowest BCUT2D eigenvalue weighted by Crippen LogP contribution is -2.70. The minimum atomic E-state index is -0.753. The van der Waals surface area contributed by atoms with E-state index in [1.807, 2.05) is 78.6 Å². The smallest absolute Gasteiger partial charge is 0.244 e. The number of phenols is 1. The summed E-state index contributed by atoms with van der Waals surface area (Å²) in [6, 6.07) is 35.8. The van der Waals surface area contributed by atoms with Crippen molar-refractivity contribution < 1.29 is 9.90 Å². The Morgan fingerprint density at radius 3 is 2.00 bits per heavy atom. The Bertz CT molecular complexity index is 1700. The van der Waals surface area contributed by atoms with E-state index in [1.165, 1.54) is 0 Å². The molecule has 3 atom stereocenters. The highest BCUT2D eigenvalue weighted by Crippen LogP contribution is 2.57. The number of carbonyl (C=O) groups is 1. The van der Waals surface area contributed by atoms with E-state index in [0.29, 0.717) is 12.4 Å². The largest absolute Gasteiger partial charge is 0.508 e. The van der Waals surface area contributed by atoms with Crippen LogP contribution in [0.1, 0.15) is 53.5 Å². The van der Waals surface area contributed by atoms with Gasteiger partial charge in [0.25, 0.3) is 0 Å². The molecular weight excluding hydrogens is 568 g/mol. The number of phenolic OH excluding ortho intramolecular Hbond substituents is 1. The van der Waals surface area contributed by atoms with Crippen molar-refractivity contribution >= 4 is 17.7 Å². The molecular formula is C35H34N6O2S. The lowest BCUT2D eigenvalue weighted by atomic mass is 9.76. The Hall–Kier alpha value is -4.47. The Kier molecular flexibility index (Phi) is 7.02. The molecule has 0 saturated carbocycles. The van der Waals surface area contributed by atoms with E-state index in [9.17, 15) is 9.90 Å². The van der Waals surface area contributed by atoms with Gasteiger partial charge >= 0.3 is 0 Å². The number of fused-ring (bicyclic) bond motifs is 1. The van der Waals surface area contributed by atoms with Crippen LogP contribution in [-0.2, 0) is 16.9 Å². The zero-order chi connectivity index (χ0) is 30.5. The molecule has 8 nitrogen and oxygen atoms in total. The van der Waals surface area contributed by atoms with Gasteiger partial charge in [0.2, 0.25) is 5.91 Å². The molecule has 1 aromatic heterocycles. The number of tetrazole rings is 1. The topological polar surface area (TPSA) is 96.2 Å². The van der Waals surface area contributed by atoms with Gasteiger partial charge in [0.05, 0.1) is 12.1 Å². The number of carbonyl (C=O) groups excluding carboxylic acids is 1. The highest BCUT2D eigenvalue weighted by molar-refractivity contribution is 8.01. The van der Waals surface area contributed by atoms with Gasteiger partial charge < -0.3 is 10.0 Å². The number of amides is 1. The number of aryl methyl sites for hydroxylation is 1. The maximum absolute atomic E-state index is 14.3. The van der Waals surface area contributed by atoms with Crippen molar-refractivity contribution in [3.05, 3.63) is 143 Å². The van der Waals surface area contributed by atoms with Crippen molar-refractivity contribution in [3.8, 4) is 5.75 Å². The fourth-order valence-electron chi connectivity index (χ4n) is 6.72. The molecule has 2 aliphatic rings. The molecule has 2 unspecified atom stereocenters. The average Bonchev–Trinajstić information content (AvgIpc) is 3.59. The van der Waals surface area contributed by atoms with Crippen molar-refractivity contribution in [2.75, 3.05) is 0 Å². The number of β-lactam (4-membered cyclic amide) rings is 1. The van der Waals surface area contributed by atoms with Gasteiger partial charge in [-0.3, -0.25) is 10.1 Å². The molecule has 5 aromatic rings. The molecule has 0 radical (unpaired) electrons. The number of nitrogens with zero attached hydrogens (tertiary/aromatic N) is 5. The van der Waals surface area contributed by atoms with Crippen LogP contribution in [0, 0.1) is 6.92 Å². The van der Waals surface area contributed by atoms with Crippen molar-refractivity contribution in [2.24, 2.45) is 0 Å². The third-order valence-corrected chi connectivity index (χ3v) is 10.4. The fourth-order valence-corrected chi connectivity index (χ4v) is 8.35. The van der Waals surface area contributed by atoms with Gasteiger partial charge in [-0.1, -0.05) is 103 Å². The highest BCUT2D eigenvalue weighted by Gasteiger charge is 2.64. The molecule has 2 aliphatic heterocycles. The van der Waals surface area contributed by atoms with E-state index in [2.05, 4.69) is 71.1 Å². The lowest BCUT2D eigenvalue weighted by molar-refractivity contribution is -0.150. The molecule has 0 aliphatic carbocycles. The van der Waals surface area contributed by atoms with Crippen molar-refractivity contribution in [1.29, 1.82) is 0 Å². The van der Waals surface area contributed by atoms with E-state index in [1.54, 1.807) is 22.5 Å². The third kappa shape index (κ3) is 4.58. The minimum Gasteiger partial charge on any atom is -0.508 e. The number of hydrogen-bond donors (Lipinski definition) is 2. The quantitative estimate of drug-likeness (QED) is 0.181. The molecule has 0 spiro atoms. The number of hydrogen-bond acceptors (Lipinski definition) is 7. The molecule has 0 bridgehead atoms. The summed E-state index contributed by atoms with van der Waals surface area (Å²) < 4.78 is 1.43. The maximum Gasteiger partial charge on any atom is 0.244 e. The highest BCUT2D eigenvalue weighted by atomic mass is 32.2. The Morgan fingerprint density at radius 2 is 1.45 bits per heavy atom. The van der Waals surface area contributed by atoms with Crippen LogP contribution in [0.15, 0.2) is 109 Å². The second kappa shape index (κ2) is 10.9. The molecule has 4 aromatic carbocycles. The second-order valence-corrected chi connectivity index (χ2v) is 13.8. The number of aromatic nitrogens is 4. The van der Waals surface area contributed by atoms with E-state index in [4.69, 9.17) is 0 Å². The predicted octanol–water partition coefficient (Wildman–Crippen LogP) is 5.42. The molecule has 2 saturated heterocycles. The Labute approximate surface area is 261 Å². The molecule has 44 heavy (non-hydrogen) atoms. The monoisotopic (exact) mass is 602 g/mol. The molecule has 222 valence electrons. The SMILES string of the molecule is Cc1cc(Cn2nnnc2C2N3C(=O)C(NC(c4ccccc4)(c4ccccc4)c4ccccc4)[C@H]3SC2(C)C)ccc1O. The molecule has 7 rings (SSSR count). The van der Waals surface area contributed by atoms with E-state index < -0.39 is 11.6 Å². The van der Waals surface area contributed by atoms with Crippen LogP contribution >= 0.6 is 11.8 Å². The first kappa shape index (κ1) is 28.3. The molecule has 2 N–H and O–H groups in total. The van der Waals surface area contributed by atoms with E-state index >= 15 is 0 Å². The lowest BCUT2D eigenvalue weighted by Gasteiger charge is -2.49. The fraction of sp³-hybridized carbons (Fsp3) is 0.257. The second-order valence-electron chi connectivity index (χ2n) is 12.0. The summed E-state index contributed by atoms with van der Waals surface area (Å²) >= 11 is 1.78. The van der Waals surface area contributed by atoms with Crippen LogP contribution in [0.2, 0.25) is 0 Å². The third-order valence-electron chi connectivity index (χ3n) is 8.83. The van der Waals surface area contributed by atoms with Gasteiger partial charge in [-0.15, -0.1) is 16.9 Å². The van der Waals surface area contributed by atoms with E-state index in [0.717, 1.165) is 27.8 Å². The number of thioether (sulfide) groups is 1. The van der Waals surface area contributed by atoms with Gasteiger partial charge in [0, 0.05) is 4.75 Å². The van der Waals surface area contributed by atoms with Gasteiger partial charge in [-0.25, -0.2) is 4.68 Å². The van der Waals surface area contributed by atoms with Gasteiger partial charge in [0.15, 0.2) is 5.82 Å². The molecule has 1 amide bonds. The van der Waals surface area contributed by atoms with Crippen LogP contribution in [0.3, 0.4) is 0 Å². The number of rotatable bonds is 8. The molecule has 3 heterocycles. The number of aromatic hydroxyl groups is 1. The van der Waals surface area contributed by atoms with Crippen LogP contribution in [0.25, 0.3) is 0 Å². The summed E-state index contributed by atoms with van der Waals surface area (Å²) in [5.41, 5.74) is 4.21. The summed E-state index contributed by atoms with van der Waals surface area (Å²) in [6.07, 6.45) is 0. The first-order chi connectivity index (χ1) is 21.3. The summed E-state index contributed by atoms with van der Waals surface area (Å²) in [5.74, 6) is 0.937. The van der Waals surface area contributed by atoms with Gasteiger partial charge in [-0.05, 0) is 65.1 Å². The maximum atomic E-state index is 14.3. The Balaban J connectivity index is 1.26. The van der Waals surface area contributed by atoms with E-state index in [-0.39, 0.29) is 27.8 Å². The summed E-state index contributed by atoms with van der Waals surface area (Å²) in [7, 11) is 0. The summed E-state index contributed by atoms with van der Waals surface area (Å²) in [5, 5.41) is 26.6. The van der Waals surface area contributed by atoms with Crippen molar-refractivity contribution in [3.63, 3.8) is 0 Å². The number of benzene rings is 4. The first-order valence-electron chi connectivity index (χ1n) is 14.8. The summed E-state index contributed by atoms with van der Waals surface area (Å²) in [4.78, 5) is 16.3. The van der Waals surface area contributed by atoms with Crippen molar-refractivity contribution in [2.45, 2.75) is 55.1 Å². The van der Waals surface area contributed by atoms with Crippen molar-refractivity contribution in [1.82, 2.24) is 30.4 Å². The standard InChI is InChI=1S/C35H34N6O2S/c1-23-21-24(19-20-28(23)42)22-40-31(37-38-39-40)30-34(2,3)44-33-29(32(43)41(30)33)36-35(25-13-7-4-8-14-25,26-15-9-5-10-16-26)27-17-11-6-12-18-27/h4-21,29-30,33,36,42H,22H2,1-3H3/t29?,30?,33-/m1/s1.